The number of halogens is 1. The molecule has 11 nitrogen and oxygen atoms in total. The van der Waals surface area contributed by atoms with Crippen molar-refractivity contribution in [2.75, 3.05) is 5.32 Å². The Hall–Kier alpha value is -5.00. The van der Waals surface area contributed by atoms with Gasteiger partial charge >= 0.3 is 0 Å². The van der Waals surface area contributed by atoms with Crippen molar-refractivity contribution in [3.63, 3.8) is 0 Å². The van der Waals surface area contributed by atoms with E-state index >= 15 is 4.39 Å². The fourth-order valence-electron chi connectivity index (χ4n) is 3.78. The predicted octanol–water partition coefficient (Wildman–Crippen LogP) is 4.14. The highest BCUT2D eigenvalue weighted by Crippen LogP contribution is 2.22. The second-order valence-corrected chi connectivity index (χ2v) is 8.94. The van der Waals surface area contributed by atoms with Crippen molar-refractivity contribution in [3.8, 4) is 17.2 Å². The normalized spacial score (nSPS) is 11.8. The first-order chi connectivity index (χ1) is 18.2. The smallest absolute Gasteiger partial charge is 0.273 e. The molecule has 192 valence electrons. The molecule has 0 bridgehead atoms. The number of pyridine rings is 2. The van der Waals surface area contributed by atoms with Gasteiger partial charge in [0.15, 0.2) is 29.0 Å². The van der Waals surface area contributed by atoms with Crippen molar-refractivity contribution in [3.05, 3.63) is 89.1 Å². The number of nitrogens with zero attached hydrogens (tertiary/aromatic N) is 7. The number of hydrogen-bond acceptors (Lipinski definition) is 8. The van der Waals surface area contributed by atoms with E-state index in [0.29, 0.717) is 28.7 Å². The van der Waals surface area contributed by atoms with Crippen molar-refractivity contribution < 1.29 is 9.18 Å². The van der Waals surface area contributed by atoms with Crippen LogP contribution in [0.3, 0.4) is 0 Å². The van der Waals surface area contributed by atoms with Crippen LogP contribution in [-0.4, -0.2) is 45.8 Å². The van der Waals surface area contributed by atoms with Crippen molar-refractivity contribution >= 4 is 17.5 Å². The molecule has 1 atom stereocenters. The topological polar surface area (TPSA) is 139 Å². The molecule has 0 saturated carbocycles. The summed E-state index contributed by atoms with van der Waals surface area (Å²) < 4.78 is 16.7. The molecule has 5 rings (SSSR count). The summed E-state index contributed by atoms with van der Waals surface area (Å²) in [5.41, 5.74) is 3.35. The SMILES string of the molecule is Cc1cnn(-c2ccc([C@H](C)NC(=O)c3ncc(-c4nc(C)cc(Nc5cc(C)[nH]n5)n4)cc3F)cn2)c1. The van der Waals surface area contributed by atoms with Crippen LogP contribution in [0.15, 0.2) is 55.1 Å². The second kappa shape index (κ2) is 10.2. The number of carbonyl (C=O) groups excluding carboxylic acids is 1. The number of amides is 1. The first kappa shape index (κ1) is 24.7. The quantitative estimate of drug-likeness (QED) is 0.296. The Morgan fingerprint density at radius 1 is 1.03 bits per heavy atom. The van der Waals surface area contributed by atoms with Crippen LogP contribution < -0.4 is 10.6 Å². The molecular formula is C26H25FN10O. The first-order valence-corrected chi connectivity index (χ1v) is 11.8. The standard InChI is InChI=1S/C26H25FN10O/c1-14-10-30-37(13-14)23-6-5-18(11-28-23)17(4)32-26(38)24-20(27)9-19(12-29-24)25-31-15(2)7-21(34-25)33-22-8-16(3)35-36-22/h5-13,17H,1-4H3,(H,32,38)(H2,31,33,34,35,36)/t17-/m0/s1. The molecule has 0 aliphatic heterocycles. The van der Waals surface area contributed by atoms with E-state index in [-0.39, 0.29) is 11.5 Å². The Labute approximate surface area is 217 Å². The molecule has 0 aliphatic rings. The minimum absolute atomic E-state index is 0.269. The van der Waals surface area contributed by atoms with Gasteiger partial charge in [0, 0.05) is 47.7 Å². The molecule has 0 spiro atoms. The van der Waals surface area contributed by atoms with E-state index in [9.17, 15) is 4.79 Å². The number of aryl methyl sites for hydroxylation is 3. The van der Waals surface area contributed by atoms with E-state index in [1.54, 1.807) is 43.1 Å². The number of aromatic nitrogens is 8. The summed E-state index contributed by atoms with van der Waals surface area (Å²) in [5.74, 6) is 0.590. The van der Waals surface area contributed by atoms with Gasteiger partial charge in [0.1, 0.15) is 5.82 Å². The lowest BCUT2D eigenvalue weighted by Gasteiger charge is -2.14. The molecule has 12 heteroatoms. The van der Waals surface area contributed by atoms with Crippen LogP contribution in [0.1, 0.15) is 46.0 Å². The highest BCUT2D eigenvalue weighted by atomic mass is 19.1. The third kappa shape index (κ3) is 5.38. The van der Waals surface area contributed by atoms with E-state index in [1.807, 2.05) is 32.2 Å². The first-order valence-electron chi connectivity index (χ1n) is 11.8. The van der Waals surface area contributed by atoms with Gasteiger partial charge in [-0.1, -0.05) is 6.07 Å². The number of H-pyrrole nitrogens is 1. The lowest BCUT2D eigenvalue weighted by Crippen LogP contribution is -2.28. The van der Waals surface area contributed by atoms with Gasteiger partial charge in [-0.15, -0.1) is 0 Å². The van der Waals surface area contributed by atoms with Gasteiger partial charge in [0.25, 0.3) is 5.91 Å². The number of aromatic amines is 1. The van der Waals surface area contributed by atoms with Crippen molar-refractivity contribution in [1.82, 2.24) is 45.2 Å². The van der Waals surface area contributed by atoms with E-state index in [1.165, 1.54) is 12.3 Å². The summed E-state index contributed by atoms with van der Waals surface area (Å²) in [6.45, 7) is 7.42. The van der Waals surface area contributed by atoms with E-state index in [2.05, 4.69) is 45.9 Å². The van der Waals surface area contributed by atoms with Crippen LogP contribution in [0.4, 0.5) is 16.0 Å². The van der Waals surface area contributed by atoms with Gasteiger partial charge in [-0.25, -0.2) is 29.0 Å². The van der Waals surface area contributed by atoms with Gasteiger partial charge in [-0.05, 0) is 51.0 Å². The molecule has 0 fully saturated rings. The number of hydrogen-bond donors (Lipinski definition) is 3. The number of nitrogens with one attached hydrogen (secondary N) is 3. The highest BCUT2D eigenvalue weighted by Gasteiger charge is 2.19. The maximum atomic E-state index is 15.0. The third-order valence-electron chi connectivity index (χ3n) is 5.70. The molecule has 5 heterocycles. The van der Waals surface area contributed by atoms with Crippen LogP contribution >= 0.6 is 0 Å². The minimum Gasteiger partial charge on any atom is -0.344 e. The van der Waals surface area contributed by atoms with Gasteiger partial charge in [-0.2, -0.15) is 10.2 Å². The zero-order chi connectivity index (χ0) is 26.8. The Balaban J connectivity index is 1.29. The van der Waals surface area contributed by atoms with Gasteiger partial charge < -0.3 is 10.6 Å². The molecule has 0 unspecified atom stereocenters. The number of rotatable bonds is 7. The van der Waals surface area contributed by atoms with Crippen LogP contribution in [0.2, 0.25) is 0 Å². The van der Waals surface area contributed by atoms with Gasteiger partial charge in [-0.3, -0.25) is 9.89 Å². The average molecular weight is 513 g/mol. The Bertz CT molecular complexity index is 1610. The fraction of sp³-hybridized carbons (Fsp3) is 0.192. The summed E-state index contributed by atoms with van der Waals surface area (Å²) in [6, 6.07) is 7.99. The second-order valence-electron chi connectivity index (χ2n) is 8.94. The minimum atomic E-state index is -0.780. The molecule has 0 saturated heterocycles. The Kier molecular flexibility index (Phi) is 6.60. The van der Waals surface area contributed by atoms with Crippen LogP contribution in [0.5, 0.6) is 0 Å². The summed E-state index contributed by atoms with van der Waals surface area (Å²) in [4.78, 5) is 30.1. The molecular weight excluding hydrogens is 487 g/mol. The number of anilines is 2. The van der Waals surface area contributed by atoms with Crippen molar-refractivity contribution in [2.24, 2.45) is 0 Å². The monoisotopic (exact) mass is 512 g/mol. The Morgan fingerprint density at radius 3 is 2.53 bits per heavy atom. The van der Waals surface area contributed by atoms with Crippen molar-refractivity contribution in [1.29, 1.82) is 0 Å². The van der Waals surface area contributed by atoms with Gasteiger partial charge in [0.05, 0.1) is 12.2 Å². The molecule has 0 aromatic carbocycles. The van der Waals surface area contributed by atoms with Crippen LogP contribution in [0, 0.1) is 26.6 Å². The molecule has 0 aliphatic carbocycles. The Morgan fingerprint density at radius 2 is 1.87 bits per heavy atom. The van der Waals surface area contributed by atoms with Crippen molar-refractivity contribution in [2.45, 2.75) is 33.7 Å². The zero-order valence-corrected chi connectivity index (χ0v) is 21.2. The molecule has 0 radical (unpaired) electrons. The van der Waals surface area contributed by atoms with Crippen LogP contribution in [0.25, 0.3) is 17.2 Å². The summed E-state index contributed by atoms with van der Waals surface area (Å²) in [7, 11) is 0. The average Bonchev–Trinajstić information content (AvgIpc) is 3.51. The lowest BCUT2D eigenvalue weighted by atomic mass is 10.1. The number of carbonyl (C=O) groups is 1. The molecule has 1 amide bonds. The van der Waals surface area contributed by atoms with E-state index < -0.39 is 17.8 Å². The maximum absolute atomic E-state index is 15.0. The predicted molar refractivity (Wildman–Crippen MR) is 139 cm³/mol. The lowest BCUT2D eigenvalue weighted by molar-refractivity contribution is 0.0930. The van der Waals surface area contributed by atoms with Gasteiger partial charge in [0.2, 0.25) is 0 Å². The molecule has 5 aromatic heterocycles. The largest absolute Gasteiger partial charge is 0.344 e. The summed E-state index contributed by atoms with van der Waals surface area (Å²) in [6.07, 6.45) is 6.63. The maximum Gasteiger partial charge on any atom is 0.273 e. The molecule has 5 aromatic rings. The summed E-state index contributed by atoms with van der Waals surface area (Å²) in [5, 5.41) is 17.1. The van der Waals surface area contributed by atoms with E-state index in [0.717, 1.165) is 16.8 Å². The highest BCUT2D eigenvalue weighted by molar-refractivity contribution is 5.93. The summed E-state index contributed by atoms with van der Waals surface area (Å²) >= 11 is 0. The zero-order valence-electron chi connectivity index (χ0n) is 21.2. The van der Waals surface area contributed by atoms with E-state index in [4.69, 9.17) is 0 Å². The van der Waals surface area contributed by atoms with Crippen LogP contribution in [-0.2, 0) is 0 Å². The third-order valence-corrected chi connectivity index (χ3v) is 5.70. The molecule has 38 heavy (non-hydrogen) atoms. The fourth-order valence-corrected chi connectivity index (χ4v) is 3.78. The molecule has 3 N–H and O–H groups in total.